The minimum Gasteiger partial charge on any atom is -0.456 e. The van der Waals surface area contributed by atoms with E-state index in [0.29, 0.717) is 6.61 Å². The second-order valence-electron chi connectivity index (χ2n) is 4.08. The van der Waals surface area contributed by atoms with Crippen LogP contribution in [0.25, 0.3) is 0 Å². The van der Waals surface area contributed by atoms with Crippen molar-refractivity contribution in [3.8, 4) is 11.8 Å². The molecule has 1 aliphatic heterocycles. The molecule has 1 aromatic rings. The van der Waals surface area contributed by atoms with E-state index in [1.165, 1.54) is 0 Å². The molecule has 2 rings (SSSR count). The number of hydrogen-bond acceptors (Lipinski definition) is 5. The van der Waals surface area contributed by atoms with E-state index in [1.807, 2.05) is 12.1 Å². The Kier molecular flexibility index (Phi) is 4.76. The Balaban J connectivity index is 2.18. The third kappa shape index (κ3) is 3.70. The predicted molar refractivity (Wildman–Crippen MR) is 72.8 cm³/mol. The van der Waals surface area contributed by atoms with E-state index in [0.717, 1.165) is 37.6 Å². The van der Waals surface area contributed by atoms with Gasteiger partial charge >= 0.3 is 5.97 Å². The number of nitrogens with one attached hydrogen (secondary N) is 1. The number of carbonyl (C=O) groups excluding carboxylic acids is 1. The van der Waals surface area contributed by atoms with Crippen molar-refractivity contribution < 1.29 is 9.53 Å². The Hall–Kier alpha value is -2.06. The molecule has 1 saturated heterocycles. The molecule has 0 bridgehead atoms. The minimum atomic E-state index is -0.502. The number of aromatic nitrogens is 1. The molecule has 0 atom stereocenters. The standard InChI is InChI=1S/C14H17N3O2/c1-2-19-13(18)6-5-12-4-3-7-16-14(12)17-10-8-15-9-11-17/h3-4,7,15H,2,8-11H2,1H3. The Labute approximate surface area is 113 Å². The minimum absolute atomic E-state index is 0.338. The zero-order valence-corrected chi connectivity index (χ0v) is 11.0. The quantitative estimate of drug-likeness (QED) is 0.615. The van der Waals surface area contributed by atoms with E-state index >= 15 is 0 Å². The second kappa shape index (κ2) is 6.76. The van der Waals surface area contributed by atoms with E-state index in [1.54, 1.807) is 13.1 Å². The summed E-state index contributed by atoms with van der Waals surface area (Å²) >= 11 is 0. The fraction of sp³-hybridized carbons (Fsp3) is 0.429. The number of anilines is 1. The molecule has 100 valence electrons. The van der Waals surface area contributed by atoms with Gasteiger partial charge in [0, 0.05) is 38.3 Å². The van der Waals surface area contributed by atoms with Crippen LogP contribution in [0.5, 0.6) is 0 Å². The Morgan fingerprint density at radius 1 is 1.53 bits per heavy atom. The van der Waals surface area contributed by atoms with Crippen LogP contribution in [0.4, 0.5) is 5.82 Å². The first-order valence-corrected chi connectivity index (χ1v) is 6.40. The molecule has 0 amide bonds. The van der Waals surface area contributed by atoms with Crippen molar-refractivity contribution in [2.24, 2.45) is 0 Å². The zero-order valence-electron chi connectivity index (χ0n) is 11.0. The molecule has 1 N–H and O–H groups in total. The molecule has 5 heteroatoms. The number of carbonyl (C=O) groups is 1. The van der Waals surface area contributed by atoms with Crippen LogP contribution in [0.2, 0.25) is 0 Å². The summed E-state index contributed by atoms with van der Waals surface area (Å²) in [6.45, 7) is 5.75. The number of nitrogens with zero attached hydrogens (tertiary/aromatic N) is 2. The lowest BCUT2D eigenvalue weighted by atomic mass is 10.2. The van der Waals surface area contributed by atoms with Crippen LogP contribution in [0.15, 0.2) is 18.3 Å². The summed E-state index contributed by atoms with van der Waals surface area (Å²) in [4.78, 5) is 17.8. The second-order valence-corrected chi connectivity index (χ2v) is 4.08. The fourth-order valence-electron chi connectivity index (χ4n) is 1.91. The molecule has 1 aliphatic rings. The topological polar surface area (TPSA) is 54.5 Å². The van der Waals surface area contributed by atoms with E-state index < -0.39 is 5.97 Å². The Morgan fingerprint density at radius 3 is 3.05 bits per heavy atom. The van der Waals surface area contributed by atoms with Crippen LogP contribution in [-0.2, 0) is 9.53 Å². The molecule has 2 heterocycles. The SMILES string of the molecule is CCOC(=O)C#Cc1cccnc1N1CCNCC1. The number of rotatable bonds is 2. The summed E-state index contributed by atoms with van der Waals surface area (Å²) in [7, 11) is 0. The summed E-state index contributed by atoms with van der Waals surface area (Å²) in [5, 5.41) is 3.29. The number of ether oxygens (including phenoxy) is 1. The third-order valence-corrected chi connectivity index (χ3v) is 2.78. The first-order chi connectivity index (χ1) is 9.31. The molecular weight excluding hydrogens is 242 g/mol. The van der Waals surface area contributed by atoms with Gasteiger partial charge in [-0.15, -0.1) is 0 Å². The van der Waals surface area contributed by atoms with Crippen molar-refractivity contribution in [2.75, 3.05) is 37.7 Å². The van der Waals surface area contributed by atoms with Crippen molar-refractivity contribution >= 4 is 11.8 Å². The van der Waals surface area contributed by atoms with Gasteiger partial charge in [0.1, 0.15) is 5.82 Å². The summed E-state index contributed by atoms with van der Waals surface area (Å²) < 4.78 is 4.79. The molecule has 0 radical (unpaired) electrons. The number of pyridine rings is 1. The summed E-state index contributed by atoms with van der Waals surface area (Å²) in [5.41, 5.74) is 0.762. The van der Waals surface area contributed by atoms with Gasteiger partial charge in [-0.3, -0.25) is 0 Å². The maximum atomic E-state index is 11.3. The zero-order chi connectivity index (χ0) is 13.5. The van der Waals surface area contributed by atoms with E-state index in [2.05, 4.69) is 27.0 Å². The van der Waals surface area contributed by atoms with Gasteiger partial charge in [-0.1, -0.05) is 5.92 Å². The van der Waals surface area contributed by atoms with Gasteiger partial charge in [0.05, 0.1) is 12.2 Å². The maximum Gasteiger partial charge on any atom is 0.384 e. The molecule has 1 aromatic heterocycles. The summed E-state index contributed by atoms with van der Waals surface area (Å²) in [5.74, 6) is 5.66. The average molecular weight is 259 g/mol. The average Bonchev–Trinajstić information content (AvgIpc) is 2.47. The molecule has 0 unspecified atom stereocenters. The fourth-order valence-corrected chi connectivity index (χ4v) is 1.91. The van der Waals surface area contributed by atoms with Gasteiger partial charge < -0.3 is 15.0 Å². The molecule has 19 heavy (non-hydrogen) atoms. The van der Waals surface area contributed by atoms with Crippen molar-refractivity contribution in [3.63, 3.8) is 0 Å². The highest BCUT2D eigenvalue weighted by Gasteiger charge is 2.14. The van der Waals surface area contributed by atoms with Crippen molar-refractivity contribution in [3.05, 3.63) is 23.9 Å². The monoisotopic (exact) mass is 259 g/mol. The first kappa shape index (κ1) is 13.4. The van der Waals surface area contributed by atoms with E-state index in [-0.39, 0.29) is 0 Å². The van der Waals surface area contributed by atoms with Crippen molar-refractivity contribution in [1.29, 1.82) is 0 Å². The Bertz CT molecular complexity index is 499. The van der Waals surface area contributed by atoms with E-state index in [9.17, 15) is 4.79 Å². The van der Waals surface area contributed by atoms with E-state index in [4.69, 9.17) is 4.74 Å². The van der Waals surface area contributed by atoms with Gasteiger partial charge in [0.25, 0.3) is 0 Å². The molecule has 0 spiro atoms. The normalized spacial score (nSPS) is 14.5. The Morgan fingerprint density at radius 2 is 2.32 bits per heavy atom. The highest BCUT2D eigenvalue weighted by molar-refractivity contribution is 5.89. The lowest BCUT2D eigenvalue weighted by Crippen LogP contribution is -2.44. The van der Waals surface area contributed by atoms with Gasteiger partial charge in [-0.25, -0.2) is 9.78 Å². The van der Waals surface area contributed by atoms with Crippen molar-refractivity contribution in [2.45, 2.75) is 6.92 Å². The summed E-state index contributed by atoms with van der Waals surface area (Å²) in [6.07, 6.45) is 1.74. The third-order valence-electron chi connectivity index (χ3n) is 2.78. The predicted octanol–water partition coefficient (Wildman–Crippen LogP) is 0.406. The van der Waals surface area contributed by atoms with Crippen LogP contribution >= 0.6 is 0 Å². The smallest absolute Gasteiger partial charge is 0.384 e. The molecule has 0 aromatic carbocycles. The van der Waals surface area contributed by atoms with Gasteiger partial charge in [-0.2, -0.15) is 0 Å². The van der Waals surface area contributed by atoms with Crippen LogP contribution in [-0.4, -0.2) is 43.7 Å². The van der Waals surface area contributed by atoms with Gasteiger partial charge in [-0.05, 0) is 19.1 Å². The van der Waals surface area contributed by atoms with Crippen LogP contribution in [0, 0.1) is 11.8 Å². The molecule has 0 aliphatic carbocycles. The first-order valence-electron chi connectivity index (χ1n) is 6.40. The number of piperazine rings is 1. The number of hydrogen-bond donors (Lipinski definition) is 1. The summed E-state index contributed by atoms with van der Waals surface area (Å²) in [6, 6.07) is 3.69. The highest BCUT2D eigenvalue weighted by Crippen LogP contribution is 2.16. The highest BCUT2D eigenvalue weighted by atomic mass is 16.5. The molecule has 1 fully saturated rings. The van der Waals surface area contributed by atoms with Crippen molar-refractivity contribution in [1.82, 2.24) is 10.3 Å². The molecular formula is C14H17N3O2. The lowest BCUT2D eigenvalue weighted by Gasteiger charge is -2.29. The molecule has 0 saturated carbocycles. The van der Waals surface area contributed by atoms with Gasteiger partial charge in [0.2, 0.25) is 0 Å². The molecule has 5 nitrogen and oxygen atoms in total. The van der Waals surface area contributed by atoms with Crippen LogP contribution < -0.4 is 10.2 Å². The van der Waals surface area contributed by atoms with Gasteiger partial charge in [0.15, 0.2) is 0 Å². The largest absolute Gasteiger partial charge is 0.456 e. The maximum absolute atomic E-state index is 11.3. The van der Waals surface area contributed by atoms with Crippen LogP contribution in [0.1, 0.15) is 12.5 Å². The number of esters is 1. The lowest BCUT2D eigenvalue weighted by molar-refractivity contribution is -0.136. The van der Waals surface area contributed by atoms with Crippen LogP contribution in [0.3, 0.4) is 0 Å².